The van der Waals surface area contributed by atoms with Crippen molar-refractivity contribution in [2.75, 3.05) is 26.3 Å². The first-order valence-electron chi connectivity index (χ1n) is 8.91. The van der Waals surface area contributed by atoms with E-state index in [1.54, 1.807) is 0 Å². The predicted molar refractivity (Wildman–Crippen MR) is 108 cm³/mol. The van der Waals surface area contributed by atoms with Crippen molar-refractivity contribution in [2.24, 2.45) is 0 Å². The molecule has 0 spiro atoms. The van der Waals surface area contributed by atoms with Crippen LogP contribution >= 0.6 is 11.8 Å². The fraction of sp³-hybridized carbons (Fsp3) is 0.250. The van der Waals surface area contributed by atoms with Gasteiger partial charge in [0.25, 0.3) is 0 Å². The molecule has 1 heterocycles. The van der Waals surface area contributed by atoms with Crippen molar-refractivity contribution < 1.29 is 31.1 Å². The molecule has 0 radical (unpaired) electrons. The fourth-order valence-corrected chi connectivity index (χ4v) is 4.72. The van der Waals surface area contributed by atoms with Crippen molar-refractivity contribution in [3.8, 4) is 0 Å². The third-order valence-corrected chi connectivity index (χ3v) is 6.94. The number of allylic oxidation sites excluding steroid dienone is 1. The first kappa shape index (κ1) is 22.5. The normalized spacial score (nSPS) is 16.1. The molecule has 30 heavy (non-hydrogen) atoms. The number of benzene rings is 2. The largest absolute Gasteiger partial charge is 0.446 e. The molecule has 0 bridgehead atoms. The maximum atomic E-state index is 12.6. The van der Waals surface area contributed by atoms with Crippen molar-refractivity contribution in [2.45, 2.75) is 15.3 Å². The van der Waals surface area contributed by atoms with Gasteiger partial charge < -0.3 is 4.74 Å². The molecule has 0 saturated carbocycles. The highest BCUT2D eigenvalue weighted by Gasteiger charge is 2.29. The lowest BCUT2D eigenvalue weighted by Crippen LogP contribution is -2.40. The van der Waals surface area contributed by atoms with Gasteiger partial charge in [-0.05, 0) is 59.8 Å². The van der Waals surface area contributed by atoms with E-state index in [0.29, 0.717) is 24.3 Å². The lowest BCUT2D eigenvalue weighted by molar-refractivity contribution is -0.0328. The standard InChI is InChI=1S/C20H18F3NO4S2/c21-20(22,23)29-17-6-1-15(2-7-17)3-10-19(25)16-4-8-18(9-5-16)30(26,27)24-11-13-28-14-12-24/h1-10H,11-14H2. The van der Waals surface area contributed by atoms with Gasteiger partial charge in [0.1, 0.15) is 0 Å². The number of halogens is 3. The number of hydrogen-bond donors (Lipinski definition) is 0. The fourth-order valence-electron chi connectivity index (χ4n) is 2.78. The minimum Gasteiger partial charge on any atom is -0.379 e. The van der Waals surface area contributed by atoms with E-state index in [1.165, 1.54) is 65.0 Å². The van der Waals surface area contributed by atoms with Crippen LogP contribution in [0.3, 0.4) is 0 Å². The molecule has 10 heteroatoms. The Morgan fingerprint density at radius 1 is 1.00 bits per heavy atom. The Bertz CT molecular complexity index is 1010. The highest BCUT2D eigenvalue weighted by atomic mass is 32.2. The smallest absolute Gasteiger partial charge is 0.379 e. The van der Waals surface area contributed by atoms with E-state index < -0.39 is 15.5 Å². The Labute approximate surface area is 176 Å². The summed E-state index contributed by atoms with van der Waals surface area (Å²) in [5.41, 5.74) is -3.48. The molecule has 3 rings (SSSR count). The average molecular weight is 457 g/mol. The van der Waals surface area contributed by atoms with Crippen LogP contribution in [0.4, 0.5) is 13.2 Å². The second-order valence-corrected chi connectivity index (χ2v) is 9.43. The SMILES string of the molecule is O=C(C=Cc1ccc(SC(F)(F)F)cc1)c1ccc(S(=O)(=O)N2CCOCC2)cc1. The Morgan fingerprint density at radius 3 is 2.17 bits per heavy atom. The number of ketones is 1. The van der Waals surface area contributed by atoms with Crippen LogP contribution in [0.1, 0.15) is 15.9 Å². The zero-order valence-electron chi connectivity index (χ0n) is 15.6. The van der Waals surface area contributed by atoms with Gasteiger partial charge in [-0.3, -0.25) is 4.79 Å². The monoisotopic (exact) mass is 457 g/mol. The number of ether oxygens (including phenoxy) is 1. The molecule has 2 aromatic rings. The molecule has 1 fully saturated rings. The second-order valence-electron chi connectivity index (χ2n) is 6.36. The molecule has 1 saturated heterocycles. The van der Waals surface area contributed by atoms with Crippen molar-refractivity contribution >= 4 is 33.6 Å². The van der Waals surface area contributed by atoms with E-state index in [9.17, 15) is 26.4 Å². The van der Waals surface area contributed by atoms with Crippen LogP contribution in [0.15, 0.2) is 64.4 Å². The number of hydrogen-bond acceptors (Lipinski definition) is 5. The van der Waals surface area contributed by atoms with Gasteiger partial charge >= 0.3 is 5.51 Å². The van der Waals surface area contributed by atoms with Gasteiger partial charge in [0, 0.05) is 23.5 Å². The lowest BCUT2D eigenvalue weighted by atomic mass is 10.1. The quantitative estimate of drug-likeness (QED) is 0.369. The third-order valence-electron chi connectivity index (χ3n) is 4.29. The summed E-state index contributed by atoms with van der Waals surface area (Å²) >= 11 is -0.206. The Balaban J connectivity index is 1.66. The van der Waals surface area contributed by atoms with Crippen molar-refractivity contribution in [1.29, 1.82) is 0 Å². The summed E-state index contributed by atoms with van der Waals surface area (Å²) < 4.78 is 68.7. The van der Waals surface area contributed by atoms with Crippen LogP contribution < -0.4 is 0 Å². The highest BCUT2D eigenvalue weighted by molar-refractivity contribution is 8.00. The molecule has 160 valence electrons. The summed E-state index contributed by atoms with van der Waals surface area (Å²) in [6, 6.07) is 11.3. The van der Waals surface area contributed by atoms with Crippen LogP contribution in [-0.2, 0) is 14.8 Å². The number of carbonyl (C=O) groups excluding carboxylic acids is 1. The van der Waals surface area contributed by atoms with Crippen LogP contribution in [0.25, 0.3) is 6.08 Å². The Kier molecular flexibility index (Phi) is 7.02. The third kappa shape index (κ3) is 5.94. The number of carbonyl (C=O) groups is 1. The van der Waals surface area contributed by atoms with Gasteiger partial charge in [-0.25, -0.2) is 8.42 Å². The van der Waals surface area contributed by atoms with E-state index in [1.807, 2.05) is 0 Å². The molecule has 0 amide bonds. The van der Waals surface area contributed by atoms with E-state index in [-0.39, 0.29) is 40.4 Å². The van der Waals surface area contributed by atoms with E-state index in [0.717, 1.165) is 0 Å². The number of morpholine rings is 1. The van der Waals surface area contributed by atoms with Gasteiger partial charge in [0.05, 0.1) is 18.1 Å². The van der Waals surface area contributed by atoms with Gasteiger partial charge in [-0.1, -0.05) is 18.2 Å². The molecule has 0 aliphatic carbocycles. The van der Waals surface area contributed by atoms with Crippen molar-refractivity contribution in [1.82, 2.24) is 4.31 Å². The summed E-state index contributed by atoms with van der Waals surface area (Å²) in [5, 5.41) is 0. The molecule has 1 aliphatic heterocycles. The first-order valence-corrected chi connectivity index (χ1v) is 11.2. The number of thioether (sulfide) groups is 1. The maximum absolute atomic E-state index is 12.6. The molecule has 0 aromatic heterocycles. The molecule has 0 N–H and O–H groups in total. The number of nitrogens with zero attached hydrogens (tertiary/aromatic N) is 1. The minimum atomic E-state index is -4.35. The van der Waals surface area contributed by atoms with Crippen LogP contribution in [-0.4, -0.2) is 50.3 Å². The van der Waals surface area contributed by atoms with Gasteiger partial charge in [0.2, 0.25) is 10.0 Å². The highest BCUT2D eigenvalue weighted by Crippen LogP contribution is 2.36. The average Bonchev–Trinajstić information content (AvgIpc) is 2.72. The van der Waals surface area contributed by atoms with Gasteiger partial charge in [0.15, 0.2) is 5.78 Å². The molecule has 0 atom stereocenters. The van der Waals surface area contributed by atoms with Gasteiger partial charge in [-0.15, -0.1) is 0 Å². The first-order chi connectivity index (χ1) is 14.1. The summed E-state index contributed by atoms with van der Waals surface area (Å²) in [6.07, 6.45) is 2.78. The lowest BCUT2D eigenvalue weighted by Gasteiger charge is -2.26. The zero-order valence-corrected chi connectivity index (χ0v) is 17.3. The van der Waals surface area contributed by atoms with E-state index in [4.69, 9.17) is 4.74 Å². The zero-order chi connectivity index (χ0) is 21.8. The number of sulfonamides is 1. The Morgan fingerprint density at radius 2 is 1.60 bits per heavy atom. The van der Waals surface area contributed by atoms with E-state index >= 15 is 0 Å². The molecule has 1 aliphatic rings. The Hall–Kier alpha value is -2.14. The maximum Gasteiger partial charge on any atom is 0.446 e. The predicted octanol–water partition coefficient (Wildman–Crippen LogP) is 4.22. The van der Waals surface area contributed by atoms with Crippen molar-refractivity contribution in [3.63, 3.8) is 0 Å². The summed E-state index contributed by atoms with van der Waals surface area (Å²) in [7, 11) is -3.63. The van der Waals surface area contributed by atoms with Gasteiger partial charge in [-0.2, -0.15) is 17.5 Å². The van der Waals surface area contributed by atoms with E-state index in [2.05, 4.69) is 0 Å². The summed E-state index contributed by atoms with van der Waals surface area (Å²) in [4.78, 5) is 12.5. The van der Waals surface area contributed by atoms with Crippen LogP contribution in [0.5, 0.6) is 0 Å². The van der Waals surface area contributed by atoms with Crippen LogP contribution in [0.2, 0.25) is 0 Å². The van der Waals surface area contributed by atoms with Crippen molar-refractivity contribution in [3.05, 3.63) is 65.7 Å². The number of rotatable bonds is 6. The molecule has 2 aromatic carbocycles. The molecular formula is C20H18F3NO4S2. The summed E-state index contributed by atoms with van der Waals surface area (Å²) in [5.74, 6) is -0.348. The number of alkyl halides is 3. The molecule has 5 nitrogen and oxygen atoms in total. The molecule has 0 unspecified atom stereocenters. The minimum absolute atomic E-state index is 0.0584. The summed E-state index contributed by atoms with van der Waals surface area (Å²) in [6.45, 7) is 1.25. The topological polar surface area (TPSA) is 63.7 Å². The molecular weight excluding hydrogens is 439 g/mol. The van der Waals surface area contributed by atoms with Crippen LogP contribution in [0, 0.1) is 0 Å². The second kappa shape index (κ2) is 9.34.